The molecule has 0 fully saturated rings. The molecule has 3 N–H and O–H groups in total. The van der Waals surface area contributed by atoms with Crippen molar-refractivity contribution in [2.24, 2.45) is 5.84 Å². The Morgan fingerprint density at radius 2 is 1.90 bits per heavy atom. The molecule has 2 rings (SSSR count). The highest BCUT2D eigenvalue weighted by Crippen LogP contribution is 2.25. The van der Waals surface area contributed by atoms with Crippen molar-refractivity contribution < 1.29 is 4.39 Å². The first-order chi connectivity index (χ1) is 9.49. The van der Waals surface area contributed by atoms with Gasteiger partial charge in [0.25, 0.3) is 0 Å². The van der Waals surface area contributed by atoms with Gasteiger partial charge in [0, 0.05) is 8.95 Å². The maximum Gasteiger partial charge on any atom is 0.126 e. The SMILES string of the molecule is Cc1cc(Br)cc(C(Cc2cc(Br)ccc2F)NN)c1. The lowest BCUT2D eigenvalue weighted by Crippen LogP contribution is -2.29. The van der Waals surface area contributed by atoms with E-state index in [2.05, 4.69) is 37.3 Å². The van der Waals surface area contributed by atoms with Crippen molar-refractivity contribution in [3.63, 3.8) is 0 Å². The Labute approximate surface area is 134 Å². The predicted octanol–water partition coefficient (Wildman–Crippen LogP) is 4.41. The Balaban J connectivity index is 2.30. The zero-order valence-corrected chi connectivity index (χ0v) is 14.1. The van der Waals surface area contributed by atoms with Gasteiger partial charge in [-0.25, -0.2) is 4.39 Å². The molecule has 0 saturated heterocycles. The predicted molar refractivity (Wildman–Crippen MR) is 86.7 cm³/mol. The summed E-state index contributed by atoms with van der Waals surface area (Å²) in [5, 5.41) is 0. The van der Waals surface area contributed by atoms with E-state index in [0.29, 0.717) is 12.0 Å². The van der Waals surface area contributed by atoms with Crippen molar-refractivity contribution in [1.29, 1.82) is 0 Å². The second-order valence-electron chi connectivity index (χ2n) is 4.72. The van der Waals surface area contributed by atoms with Crippen LogP contribution < -0.4 is 11.3 Å². The van der Waals surface area contributed by atoms with Crippen LogP contribution in [0.2, 0.25) is 0 Å². The summed E-state index contributed by atoms with van der Waals surface area (Å²) in [5.74, 6) is 5.42. The average Bonchev–Trinajstić information content (AvgIpc) is 2.38. The van der Waals surface area contributed by atoms with Gasteiger partial charge >= 0.3 is 0 Å². The number of benzene rings is 2. The topological polar surface area (TPSA) is 38.0 Å². The first-order valence-corrected chi connectivity index (χ1v) is 7.75. The molecule has 0 amide bonds. The van der Waals surface area contributed by atoms with Crippen LogP contribution in [0.3, 0.4) is 0 Å². The average molecular weight is 402 g/mol. The molecule has 0 saturated carbocycles. The van der Waals surface area contributed by atoms with Crippen LogP contribution in [0, 0.1) is 12.7 Å². The van der Waals surface area contributed by atoms with Crippen LogP contribution >= 0.6 is 31.9 Å². The lowest BCUT2D eigenvalue weighted by Gasteiger charge is -2.18. The van der Waals surface area contributed by atoms with Gasteiger partial charge in [0.2, 0.25) is 0 Å². The minimum Gasteiger partial charge on any atom is -0.271 e. The number of hydrogen-bond donors (Lipinski definition) is 2. The van der Waals surface area contributed by atoms with Crippen molar-refractivity contribution in [3.8, 4) is 0 Å². The molecule has 5 heteroatoms. The zero-order chi connectivity index (χ0) is 14.7. The van der Waals surface area contributed by atoms with Gasteiger partial charge in [0.15, 0.2) is 0 Å². The lowest BCUT2D eigenvalue weighted by molar-refractivity contribution is 0.528. The molecule has 1 unspecified atom stereocenters. The van der Waals surface area contributed by atoms with E-state index in [1.165, 1.54) is 6.07 Å². The molecule has 0 heterocycles. The summed E-state index contributed by atoms with van der Waals surface area (Å²) < 4.78 is 15.7. The molecular formula is C15H15Br2FN2. The number of nitrogens with one attached hydrogen (secondary N) is 1. The molecule has 2 nitrogen and oxygen atoms in total. The van der Waals surface area contributed by atoms with Crippen LogP contribution in [0.15, 0.2) is 45.3 Å². The van der Waals surface area contributed by atoms with E-state index in [1.807, 2.05) is 25.1 Å². The summed E-state index contributed by atoms with van der Waals surface area (Å²) in [6.45, 7) is 2.02. The molecule has 0 aromatic heterocycles. The summed E-state index contributed by atoms with van der Waals surface area (Å²) in [6, 6.07) is 10.8. The van der Waals surface area contributed by atoms with E-state index in [4.69, 9.17) is 5.84 Å². The van der Waals surface area contributed by atoms with E-state index >= 15 is 0 Å². The van der Waals surface area contributed by atoms with E-state index in [0.717, 1.165) is 20.1 Å². The van der Waals surface area contributed by atoms with E-state index in [1.54, 1.807) is 12.1 Å². The third kappa shape index (κ3) is 3.88. The molecule has 0 bridgehead atoms. The second-order valence-corrected chi connectivity index (χ2v) is 6.55. The summed E-state index contributed by atoms with van der Waals surface area (Å²) in [4.78, 5) is 0. The molecule has 0 aliphatic rings. The Bertz CT molecular complexity index is 597. The van der Waals surface area contributed by atoms with Crippen LogP contribution in [-0.4, -0.2) is 0 Å². The van der Waals surface area contributed by atoms with Gasteiger partial charge in [-0.15, -0.1) is 0 Å². The van der Waals surface area contributed by atoms with Crippen molar-refractivity contribution in [2.75, 3.05) is 0 Å². The summed E-state index contributed by atoms with van der Waals surface area (Å²) >= 11 is 6.83. The Morgan fingerprint density at radius 3 is 2.55 bits per heavy atom. The Kier molecular flexibility index (Phi) is 5.32. The summed E-state index contributed by atoms with van der Waals surface area (Å²) in [6.07, 6.45) is 0.484. The molecule has 0 aliphatic heterocycles. The second kappa shape index (κ2) is 6.80. The monoisotopic (exact) mass is 400 g/mol. The normalized spacial score (nSPS) is 12.4. The van der Waals surface area contributed by atoms with E-state index < -0.39 is 0 Å². The number of halogens is 3. The maximum atomic E-state index is 13.8. The third-order valence-electron chi connectivity index (χ3n) is 3.10. The number of nitrogens with two attached hydrogens (primary N) is 1. The minimum absolute atomic E-state index is 0.144. The molecular weight excluding hydrogens is 387 g/mol. The molecule has 1 atom stereocenters. The summed E-state index contributed by atoms with van der Waals surface area (Å²) in [5.41, 5.74) is 5.55. The molecule has 106 valence electrons. The van der Waals surface area contributed by atoms with Gasteiger partial charge in [0.05, 0.1) is 6.04 Å². The van der Waals surface area contributed by atoms with E-state index in [-0.39, 0.29) is 11.9 Å². The van der Waals surface area contributed by atoms with Crippen LogP contribution in [0.5, 0.6) is 0 Å². The van der Waals surface area contributed by atoms with Crippen molar-refractivity contribution in [2.45, 2.75) is 19.4 Å². The zero-order valence-electron chi connectivity index (χ0n) is 11.0. The fourth-order valence-electron chi connectivity index (χ4n) is 2.16. The highest BCUT2D eigenvalue weighted by Gasteiger charge is 2.14. The third-order valence-corrected chi connectivity index (χ3v) is 4.05. The number of hydrogen-bond acceptors (Lipinski definition) is 2. The molecule has 0 radical (unpaired) electrons. The highest BCUT2D eigenvalue weighted by atomic mass is 79.9. The van der Waals surface area contributed by atoms with Crippen LogP contribution in [0.25, 0.3) is 0 Å². The van der Waals surface area contributed by atoms with Crippen LogP contribution in [0.1, 0.15) is 22.7 Å². The maximum absolute atomic E-state index is 13.8. The van der Waals surface area contributed by atoms with Crippen LogP contribution in [0.4, 0.5) is 4.39 Å². The summed E-state index contributed by atoms with van der Waals surface area (Å²) in [7, 11) is 0. The van der Waals surface area contributed by atoms with Crippen molar-refractivity contribution in [3.05, 3.63) is 67.9 Å². The largest absolute Gasteiger partial charge is 0.271 e. The van der Waals surface area contributed by atoms with Crippen molar-refractivity contribution in [1.82, 2.24) is 5.43 Å². The molecule has 0 aliphatic carbocycles. The van der Waals surface area contributed by atoms with Crippen LogP contribution in [-0.2, 0) is 6.42 Å². The van der Waals surface area contributed by atoms with Gasteiger partial charge in [-0.3, -0.25) is 11.3 Å². The van der Waals surface area contributed by atoms with E-state index in [9.17, 15) is 4.39 Å². The molecule has 20 heavy (non-hydrogen) atoms. The Hall–Kier alpha value is -0.750. The standard InChI is InChI=1S/C15H15Br2FN2/c1-9-4-11(7-13(17)5-9)15(20-19)8-10-6-12(16)2-3-14(10)18/h2-7,15,20H,8,19H2,1H3. The molecule has 2 aromatic carbocycles. The molecule has 0 spiro atoms. The lowest BCUT2D eigenvalue weighted by atomic mass is 9.98. The first kappa shape index (κ1) is 15.6. The van der Waals surface area contributed by atoms with Gasteiger partial charge in [-0.2, -0.15) is 0 Å². The highest BCUT2D eigenvalue weighted by molar-refractivity contribution is 9.10. The fourth-order valence-corrected chi connectivity index (χ4v) is 3.19. The Morgan fingerprint density at radius 1 is 1.15 bits per heavy atom. The molecule has 2 aromatic rings. The van der Waals surface area contributed by atoms with Crippen molar-refractivity contribution >= 4 is 31.9 Å². The van der Waals surface area contributed by atoms with Gasteiger partial charge < -0.3 is 0 Å². The quantitative estimate of drug-likeness (QED) is 0.588. The number of hydrazine groups is 1. The van der Waals surface area contributed by atoms with Gasteiger partial charge in [-0.05, 0) is 60.4 Å². The fraction of sp³-hybridized carbons (Fsp3) is 0.200. The number of rotatable bonds is 4. The first-order valence-electron chi connectivity index (χ1n) is 6.16. The van der Waals surface area contributed by atoms with Gasteiger partial charge in [0.1, 0.15) is 5.82 Å². The number of aryl methyl sites for hydroxylation is 1. The minimum atomic E-state index is -0.222. The van der Waals surface area contributed by atoms with Gasteiger partial charge in [-0.1, -0.05) is 37.9 Å². The smallest absolute Gasteiger partial charge is 0.126 e.